The molecule has 1 saturated heterocycles. The first-order valence-electron chi connectivity index (χ1n) is 8.07. The summed E-state index contributed by atoms with van der Waals surface area (Å²) in [6, 6.07) is -0.647. The maximum Gasteiger partial charge on any atom is 0.522 e. The van der Waals surface area contributed by atoms with E-state index in [0.717, 1.165) is 0 Å². The van der Waals surface area contributed by atoms with Crippen molar-refractivity contribution >= 4 is 17.9 Å². The van der Waals surface area contributed by atoms with Crippen molar-refractivity contribution in [3.63, 3.8) is 0 Å². The van der Waals surface area contributed by atoms with Crippen molar-refractivity contribution in [2.45, 2.75) is 50.0 Å². The van der Waals surface area contributed by atoms with E-state index in [2.05, 4.69) is 20.9 Å². The van der Waals surface area contributed by atoms with Crippen molar-refractivity contribution in [3.05, 3.63) is 0 Å². The summed E-state index contributed by atoms with van der Waals surface area (Å²) < 4.78 is 50.3. The highest BCUT2D eigenvalue weighted by atomic mass is 19.4. The second kappa shape index (κ2) is 8.71. The smallest absolute Gasteiger partial charge is 0.465 e. The number of amides is 3. The van der Waals surface area contributed by atoms with Crippen LogP contribution in [0.3, 0.4) is 0 Å². The van der Waals surface area contributed by atoms with Crippen LogP contribution < -0.4 is 16.2 Å². The monoisotopic (exact) mass is 399 g/mol. The first kappa shape index (κ1) is 21.2. The summed E-state index contributed by atoms with van der Waals surface area (Å²) in [6.07, 6.45) is -8.81. The number of alkyl halides is 3. The largest absolute Gasteiger partial charge is 0.522 e. The third-order valence-electron chi connectivity index (χ3n) is 4.35. The van der Waals surface area contributed by atoms with Gasteiger partial charge in [0.2, 0.25) is 5.91 Å². The Bertz CT molecular complexity index is 569. The third-order valence-corrected chi connectivity index (χ3v) is 4.35. The normalized spacial score (nSPS) is 30.7. The molecule has 2 rings (SSSR count). The number of carbonyl (C=O) groups excluding carboxylic acids is 2. The maximum atomic E-state index is 12.1. The number of nitrogens with one attached hydrogen (secondary N) is 3. The van der Waals surface area contributed by atoms with Gasteiger partial charge in [0, 0.05) is 19.4 Å². The van der Waals surface area contributed by atoms with Gasteiger partial charge < -0.3 is 19.9 Å². The number of halogens is 3. The number of ether oxygens (including phenoxy) is 3. The number of hydrazine groups is 1. The standard InChI is InChI=1S/C14H20F3N3O7/c1-25-9-4-10(26-5-8(9)18-13(23)24)12(22)20-19-11(21)6-2-7(3-6)27-14(15,16)17/h6-10,18H,2-5H2,1H3,(H,19,21)(H,20,22)(H,23,24)/t6?,7?,8-,9?,10-/m0/s1. The SMILES string of the molecule is COC1C[C@@H](C(=O)NNC(=O)C2CC(OC(F)(F)F)C2)OC[C@@H]1NC(=O)O. The number of hydrogen-bond acceptors (Lipinski definition) is 6. The number of carboxylic acid groups (broad SMARTS) is 1. The van der Waals surface area contributed by atoms with Crippen LogP contribution in [0.2, 0.25) is 0 Å². The molecule has 0 aromatic rings. The lowest BCUT2D eigenvalue weighted by Crippen LogP contribution is -2.57. The van der Waals surface area contributed by atoms with Gasteiger partial charge in [0.25, 0.3) is 5.91 Å². The summed E-state index contributed by atoms with van der Waals surface area (Å²) in [6.45, 7) is -0.101. The van der Waals surface area contributed by atoms with Gasteiger partial charge in [-0.15, -0.1) is 13.2 Å². The van der Waals surface area contributed by atoms with E-state index in [1.807, 2.05) is 0 Å². The predicted molar refractivity (Wildman–Crippen MR) is 80.0 cm³/mol. The molecule has 1 saturated carbocycles. The molecular formula is C14H20F3N3O7. The van der Waals surface area contributed by atoms with Gasteiger partial charge in [-0.05, 0) is 12.8 Å². The minimum Gasteiger partial charge on any atom is -0.465 e. The third kappa shape index (κ3) is 6.22. The van der Waals surface area contributed by atoms with Gasteiger partial charge in [0.1, 0.15) is 6.10 Å². The van der Waals surface area contributed by atoms with Crippen LogP contribution in [0.5, 0.6) is 0 Å². The number of hydrogen-bond donors (Lipinski definition) is 4. The maximum absolute atomic E-state index is 12.1. The van der Waals surface area contributed by atoms with E-state index in [-0.39, 0.29) is 25.9 Å². The Morgan fingerprint density at radius 3 is 2.30 bits per heavy atom. The van der Waals surface area contributed by atoms with Gasteiger partial charge in [0.15, 0.2) is 0 Å². The van der Waals surface area contributed by atoms with Gasteiger partial charge in [-0.3, -0.25) is 25.2 Å². The van der Waals surface area contributed by atoms with Gasteiger partial charge >= 0.3 is 12.5 Å². The summed E-state index contributed by atoms with van der Waals surface area (Å²) >= 11 is 0. The van der Waals surface area contributed by atoms with E-state index in [4.69, 9.17) is 14.6 Å². The second-order valence-corrected chi connectivity index (χ2v) is 6.22. The molecule has 2 aliphatic rings. The summed E-state index contributed by atoms with van der Waals surface area (Å²) in [5, 5.41) is 11.0. The van der Waals surface area contributed by atoms with E-state index < -0.39 is 54.5 Å². The molecule has 1 aliphatic carbocycles. The summed E-state index contributed by atoms with van der Waals surface area (Å²) in [5.41, 5.74) is 4.28. The molecule has 0 bridgehead atoms. The second-order valence-electron chi connectivity index (χ2n) is 6.22. The van der Waals surface area contributed by atoms with Crippen molar-refractivity contribution in [3.8, 4) is 0 Å². The van der Waals surface area contributed by atoms with Crippen LogP contribution >= 0.6 is 0 Å². The number of methoxy groups -OCH3 is 1. The van der Waals surface area contributed by atoms with Crippen molar-refractivity contribution in [2.75, 3.05) is 13.7 Å². The predicted octanol–water partition coefficient (Wildman–Crippen LogP) is -0.111. The molecule has 0 aromatic heterocycles. The fraction of sp³-hybridized carbons (Fsp3) is 0.786. The lowest BCUT2D eigenvalue weighted by molar-refractivity contribution is -0.353. The molecule has 0 spiro atoms. The average molecular weight is 399 g/mol. The molecule has 1 heterocycles. The summed E-state index contributed by atoms with van der Waals surface area (Å²) in [4.78, 5) is 34.6. The molecule has 3 amide bonds. The highest BCUT2D eigenvalue weighted by Crippen LogP contribution is 2.34. The molecule has 0 aromatic carbocycles. The molecule has 1 aliphatic heterocycles. The number of rotatable bonds is 5. The average Bonchev–Trinajstić information content (AvgIpc) is 2.54. The molecule has 27 heavy (non-hydrogen) atoms. The minimum atomic E-state index is -4.75. The van der Waals surface area contributed by atoms with Gasteiger partial charge in [-0.25, -0.2) is 4.79 Å². The van der Waals surface area contributed by atoms with Gasteiger partial charge in [-0.2, -0.15) is 0 Å². The molecular weight excluding hydrogens is 379 g/mol. The summed E-state index contributed by atoms with van der Waals surface area (Å²) in [7, 11) is 1.36. The van der Waals surface area contributed by atoms with E-state index in [1.165, 1.54) is 7.11 Å². The molecule has 154 valence electrons. The Balaban J connectivity index is 1.72. The molecule has 2 fully saturated rings. The molecule has 0 radical (unpaired) electrons. The zero-order valence-corrected chi connectivity index (χ0v) is 14.2. The van der Waals surface area contributed by atoms with Crippen LogP contribution in [-0.2, 0) is 23.8 Å². The molecule has 1 unspecified atom stereocenters. The van der Waals surface area contributed by atoms with E-state index in [9.17, 15) is 27.6 Å². The van der Waals surface area contributed by atoms with Crippen LogP contribution in [0.4, 0.5) is 18.0 Å². The zero-order chi connectivity index (χ0) is 20.2. The molecule has 13 heteroatoms. The Hall–Kier alpha value is -2.12. The quantitative estimate of drug-likeness (QED) is 0.474. The minimum absolute atomic E-state index is 0.0497. The van der Waals surface area contributed by atoms with Crippen LogP contribution in [0, 0.1) is 5.92 Å². The lowest BCUT2D eigenvalue weighted by atomic mass is 9.82. The van der Waals surface area contributed by atoms with Crippen molar-refractivity contribution in [1.82, 2.24) is 16.2 Å². The number of carbonyl (C=O) groups is 3. The zero-order valence-electron chi connectivity index (χ0n) is 14.2. The van der Waals surface area contributed by atoms with Crippen molar-refractivity contribution in [1.29, 1.82) is 0 Å². The molecule has 3 atom stereocenters. The molecule has 10 nitrogen and oxygen atoms in total. The Kier molecular flexibility index (Phi) is 6.84. The highest BCUT2D eigenvalue weighted by molar-refractivity contribution is 5.86. The van der Waals surface area contributed by atoms with E-state index >= 15 is 0 Å². The fourth-order valence-electron chi connectivity index (χ4n) is 2.88. The van der Waals surface area contributed by atoms with E-state index in [1.54, 1.807) is 0 Å². The Morgan fingerprint density at radius 2 is 1.74 bits per heavy atom. The van der Waals surface area contributed by atoms with Crippen LogP contribution in [0.25, 0.3) is 0 Å². The van der Waals surface area contributed by atoms with Gasteiger partial charge in [0.05, 0.1) is 24.9 Å². The lowest BCUT2D eigenvalue weighted by Gasteiger charge is -2.35. The first-order chi connectivity index (χ1) is 12.6. The van der Waals surface area contributed by atoms with E-state index in [0.29, 0.717) is 0 Å². The topological polar surface area (TPSA) is 135 Å². The van der Waals surface area contributed by atoms with Gasteiger partial charge in [-0.1, -0.05) is 0 Å². The molecule has 4 N–H and O–H groups in total. The Morgan fingerprint density at radius 1 is 1.11 bits per heavy atom. The summed E-state index contributed by atoms with van der Waals surface area (Å²) in [5.74, 6) is -2.00. The fourth-order valence-corrected chi connectivity index (χ4v) is 2.88. The van der Waals surface area contributed by atoms with Crippen molar-refractivity contribution in [2.24, 2.45) is 5.92 Å². The van der Waals surface area contributed by atoms with Crippen molar-refractivity contribution < 1.29 is 46.9 Å². The Labute approximate surface area is 151 Å². The van der Waals surface area contributed by atoms with Crippen LogP contribution in [-0.4, -0.2) is 67.4 Å². The van der Waals surface area contributed by atoms with Crippen LogP contribution in [0.15, 0.2) is 0 Å². The van der Waals surface area contributed by atoms with Crippen LogP contribution in [0.1, 0.15) is 19.3 Å². The highest BCUT2D eigenvalue weighted by Gasteiger charge is 2.43. The first-order valence-corrected chi connectivity index (χ1v) is 8.07.